The van der Waals surface area contributed by atoms with Gasteiger partial charge in [-0.25, -0.2) is 4.39 Å². The second-order valence-electron chi connectivity index (χ2n) is 12.9. The largest absolute Gasteiger partial charge is 0.416 e. The van der Waals surface area contributed by atoms with Crippen molar-refractivity contribution in [1.82, 2.24) is 30.2 Å². The predicted octanol–water partition coefficient (Wildman–Crippen LogP) is 3.51. The first-order valence-corrected chi connectivity index (χ1v) is 16.1. The van der Waals surface area contributed by atoms with Crippen molar-refractivity contribution in [2.24, 2.45) is 5.41 Å². The van der Waals surface area contributed by atoms with Crippen molar-refractivity contribution >= 4 is 17.7 Å². The van der Waals surface area contributed by atoms with E-state index in [0.717, 1.165) is 43.2 Å². The Morgan fingerprint density at radius 1 is 1.06 bits per heavy atom. The van der Waals surface area contributed by atoms with E-state index in [2.05, 4.69) is 15.5 Å². The van der Waals surface area contributed by atoms with E-state index in [0.29, 0.717) is 56.0 Å². The Morgan fingerprint density at radius 2 is 1.79 bits per heavy atom. The molecule has 0 aliphatic carbocycles. The number of carbonyl (C=O) groups is 3. The maximum atomic E-state index is 14.1. The highest BCUT2D eigenvalue weighted by Gasteiger charge is 2.44. The first-order chi connectivity index (χ1) is 22.8. The van der Waals surface area contributed by atoms with Crippen molar-refractivity contribution in [3.63, 3.8) is 0 Å². The molecule has 3 amide bonds. The fourth-order valence-electron chi connectivity index (χ4n) is 7.10. The van der Waals surface area contributed by atoms with Gasteiger partial charge in [0.15, 0.2) is 0 Å². The van der Waals surface area contributed by atoms with Crippen molar-refractivity contribution in [3.05, 3.63) is 76.2 Å². The zero-order valence-electron chi connectivity index (χ0n) is 26.6. The summed E-state index contributed by atoms with van der Waals surface area (Å²) in [5, 5.41) is 21.4. The summed E-state index contributed by atoms with van der Waals surface area (Å²) in [4.78, 5) is 41.1. The summed E-state index contributed by atoms with van der Waals surface area (Å²) in [5.41, 5.74) is 0.949. The summed E-state index contributed by atoms with van der Waals surface area (Å²) in [6.07, 6.45) is -2.75. The van der Waals surface area contributed by atoms with Crippen LogP contribution in [0.5, 0.6) is 0 Å². The number of aromatic nitrogens is 2. The van der Waals surface area contributed by atoms with Crippen molar-refractivity contribution < 1.29 is 37.1 Å². The number of nitrogens with zero attached hydrogens (tertiary/aromatic N) is 4. The fourth-order valence-corrected chi connectivity index (χ4v) is 7.10. The van der Waals surface area contributed by atoms with Crippen molar-refractivity contribution in [3.8, 4) is 11.3 Å². The van der Waals surface area contributed by atoms with E-state index in [1.807, 2.05) is 0 Å². The van der Waals surface area contributed by atoms with Crippen LogP contribution in [0.1, 0.15) is 58.9 Å². The first-order valence-electron chi connectivity index (χ1n) is 16.1. The molecule has 0 bridgehead atoms. The Balaban J connectivity index is 1.24. The van der Waals surface area contributed by atoms with E-state index in [1.54, 1.807) is 9.58 Å². The summed E-state index contributed by atoms with van der Waals surface area (Å²) < 4.78 is 57.2. The summed E-state index contributed by atoms with van der Waals surface area (Å²) in [7, 11) is 0. The van der Waals surface area contributed by atoms with Gasteiger partial charge in [-0.15, -0.1) is 0 Å². The molecule has 3 aliphatic heterocycles. The maximum absolute atomic E-state index is 14.1. The molecule has 1 aromatic heterocycles. The molecule has 1 atom stereocenters. The van der Waals surface area contributed by atoms with Gasteiger partial charge in [0.05, 0.1) is 29.3 Å². The Labute approximate surface area is 275 Å². The smallest absolute Gasteiger partial charge is 0.390 e. The SMILES string of the molecule is CC(=O)N1CCc2c(c(-c3ccc(C(F)(F)F)c(CNC(=O)c4ccc(F)cc4)c3)nn2CC(O)CN2CCC3(CCNC3=O)CC2)C1. The van der Waals surface area contributed by atoms with Crippen LogP contribution >= 0.6 is 0 Å². The number of likely N-dealkylation sites (tertiary alicyclic amines) is 1. The number of nitrogens with one attached hydrogen (secondary N) is 2. The third kappa shape index (κ3) is 6.95. The molecule has 3 aromatic rings. The molecule has 3 aliphatic rings. The third-order valence-corrected chi connectivity index (χ3v) is 9.85. The van der Waals surface area contributed by atoms with Gasteiger partial charge in [0.2, 0.25) is 11.8 Å². The van der Waals surface area contributed by atoms with E-state index in [1.165, 1.54) is 31.2 Å². The maximum Gasteiger partial charge on any atom is 0.416 e. The standard InChI is InChI=1S/C34H38F4N6O4/c1-21(45)43-13-8-29-27(20-43)30(41-44(29)19-26(46)18-42-14-10-33(11-15-42)9-12-39-32(33)48)23-4-7-28(34(36,37)38)24(16-23)17-40-31(47)22-2-5-25(35)6-3-22/h2-7,16,26,46H,8-15,17-20H2,1H3,(H,39,48)(H,40,47). The zero-order valence-corrected chi connectivity index (χ0v) is 26.6. The van der Waals surface area contributed by atoms with Crippen LogP contribution < -0.4 is 10.6 Å². The molecule has 256 valence electrons. The number of β-amino-alcohol motifs (C(OH)–C–C–N with tert-alkyl or cyclic N) is 1. The highest BCUT2D eigenvalue weighted by Crippen LogP contribution is 2.39. The van der Waals surface area contributed by atoms with E-state index >= 15 is 0 Å². The van der Waals surface area contributed by atoms with Gasteiger partial charge >= 0.3 is 6.18 Å². The predicted molar refractivity (Wildman–Crippen MR) is 167 cm³/mol. The molecule has 14 heteroatoms. The average molecular weight is 671 g/mol. The van der Waals surface area contributed by atoms with Gasteiger partial charge in [0, 0.05) is 68.5 Å². The van der Waals surface area contributed by atoms with Crippen LogP contribution in [0.25, 0.3) is 11.3 Å². The van der Waals surface area contributed by atoms with Crippen LogP contribution in [0.3, 0.4) is 0 Å². The number of benzene rings is 2. The van der Waals surface area contributed by atoms with Gasteiger partial charge in [0.1, 0.15) is 5.82 Å². The van der Waals surface area contributed by atoms with E-state index < -0.39 is 36.1 Å². The quantitative estimate of drug-likeness (QED) is 0.316. The van der Waals surface area contributed by atoms with Crippen LogP contribution in [0, 0.1) is 11.2 Å². The molecule has 10 nitrogen and oxygen atoms in total. The molecule has 0 saturated carbocycles. The zero-order chi connectivity index (χ0) is 34.2. The van der Waals surface area contributed by atoms with E-state index in [-0.39, 0.29) is 41.4 Å². The number of rotatable bonds is 8. The number of hydrogen-bond donors (Lipinski definition) is 3. The number of carbonyl (C=O) groups excluding carboxylic acids is 3. The molecule has 0 radical (unpaired) electrons. The van der Waals surface area contributed by atoms with Crippen LogP contribution in [-0.4, -0.2) is 81.2 Å². The molecule has 1 spiro atoms. The minimum atomic E-state index is -4.70. The van der Waals surface area contributed by atoms with Crippen molar-refractivity contribution in [2.75, 3.05) is 32.7 Å². The second-order valence-corrected chi connectivity index (χ2v) is 12.9. The third-order valence-electron chi connectivity index (χ3n) is 9.85. The minimum Gasteiger partial charge on any atom is -0.390 e. The van der Waals surface area contributed by atoms with Gasteiger partial charge in [0.25, 0.3) is 5.91 Å². The van der Waals surface area contributed by atoms with Gasteiger partial charge in [-0.2, -0.15) is 18.3 Å². The second kappa shape index (κ2) is 13.3. The van der Waals surface area contributed by atoms with Gasteiger partial charge in [-0.3, -0.25) is 19.1 Å². The normalized spacial score (nSPS) is 18.5. The molecule has 6 rings (SSSR count). The molecule has 2 aromatic carbocycles. The Morgan fingerprint density at radius 3 is 2.44 bits per heavy atom. The molecule has 4 heterocycles. The van der Waals surface area contributed by atoms with Gasteiger partial charge < -0.3 is 25.5 Å². The molecule has 2 fully saturated rings. The van der Waals surface area contributed by atoms with Crippen molar-refractivity contribution in [1.29, 1.82) is 0 Å². The average Bonchev–Trinajstić information content (AvgIpc) is 3.59. The number of halogens is 4. The number of hydrogen-bond acceptors (Lipinski definition) is 6. The summed E-state index contributed by atoms with van der Waals surface area (Å²) in [5.74, 6) is -1.23. The summed E-state index contributed by atoms with van der Waals surface area (Å²) in [6, 6.07) is 8.30. The lowest BCUT2D eigenvalue weighted by molar-refractivity contribution is -0.138. The number of piperidine rings is 1. The van der Waals surface area contributed by atoms with E-state index in [9.17, 15) is 37.1 Å². The molecule has 1 unspecified atom stereocenters. The fraction of sp³-hybridized carbons (Fsp3) is 0.471. The van der Waals surface area contributed by atoms with Crippen molar-refractivity contribution in [2.45, 2.75) is 64.5 Å². The number of amides is 3. The Hall–Kier alpha value is -4.30. The Bertz CT molecular complexity index is 1700. The molecule has 2 saturated heterocycles. The lowest BCUT2D eigenvalue weighted by atomic mass is 9.77. The van der Waals surface area contributed by atoms with Crippen LogP contribution in [0.15, 0.2) is 42.5 Å². The number of fused-ring (bicyclic) bond motifs is 1. The van der Waals surface area contributed by atoms with Gasteiger partial charge in [-0.05, 0) is 74.3 Å². The minimum absolute atomic E-state index is 0.102. The Kier molecular flexibility index (Phi) is 9.31. The van der Waals surface area contributed by atoms with Crippen LogP contribution in [0.4, 0.5) is 17.6 Å². The van der Waals surface area contributed by atoms with Crippen LogP contribution in [0.2, 0.25) is 0 Å². The lowest BCUT2D eigenvalue weighted by Gasteiger charge is -2.38. The summed E-state index contributed by atoms with van der Waals surface area (Å²) in [6.45, 7) is 4.25. The number of alkyl halides is 3. The monoisotopic (exact) mass is 670 g/mol. The highest BCUT2D eigenvalue weighted by atomic mass is 19.4. The first kappa shape index (κ1) is 33.6. The van der Waals surface area contributed by atoms with Gasteiger partial charge in [-0.1, -0.05) is 6.07 Å². The van der Waals surface area contributed by atoms with E-state index in [4.69, 9.17) is 5.10 Å². The molecule has 3 N–H and O–H groups in total. The molecular formula is C34H38F4N6O4. The lowest BCUT2D eigenvalue weighted by Crippen LogP contribution is -2.46. The van der Waals surface area contributed by atoms with Crippen LogP contribution in [-0.2, 0) is 41.8 Å². The topological polar surface area (TPSA) is 120 Å². The molecule has 48 heavy (non-hydrogen) atoms. The summed E-state index contributed by atoms with van der Waals surface area (Å²) >= 11 is 0. The highest BCUT2D eigenvalue weighted by molar-refractivity contribution is 5.94. The molecular weight excluding hydrogens is 632 g/mol. The number of aliphatic hydroxyl groups is 1. The number of aliphatic hydroxyl groups excluding tert-OH is 1.